The Bertz CT molecular complexity index is 1620. The zero-order valence-electron chi connectivity index (χ0n) is 24.8. The van der Waals surface area contributed by atoms with Crippen LogP contribution in [0.3, 0.4) is 0 Å². The maximum absolute atomic E-state index is 3.98. The van der Waals surface area contributed by atoms with Crippen LogP contribution in [0.2, 0.25) is 0 Å². The molecule has 2 atom stereocenters. The molecule has 0 saturated carbocycles. The summed E-state index contributed by atoms with van der Waals surface area (Å²) < 4.78 is -0.000166. The van der Waals surface area contributed by atoms with Crippen LogP contribution in [0.15, 0.2) is 78.9 Å². The Morgan fingerprint density at radius 3 is 1.44 bits per heavy atom. The number of fused-ring (bicyclic) bond motifs is 6. The predicted molar refractivity (Wildman–Crippen MR) is 171 cm³/mol. The van der Waals surface area contributed by atoms with E-state index in [-0.39, 0.29) is 20.6 Å². The summed E-state index contributed by atoms with van der Waals surface area (Å²) in [4.78, 5) is 0. The summed E-state index contributed by atoms with van der Waals surface area (Å²) >= 11 is 3.98. The Balaban J connectivity index is 1.45. The Kier molecular flexibility index (Phi) is 5.91. The highest BCUT2D eigenvalue weighted by Crippen LogP contribution is 2.53. The fourth-order valence-corrected chi connectivity index (χ4v) is 7.48. The SMILES string of the molecule is CCC(C)(Br)c1ccc2c(c1)C(C)(C)c1cc(C(C)(CC)c3ccc4c(c3)C(C)(C)c3ccccc3-4)ccc1-2. The van der Waals surface area contributed by atoms with Crippen molar-refractivity contribution in [3.63, 3.8) is 0 Å². The molecule has 0 heterocycles. The number of rotatable bonds is 5. The minimum absolute atomic E-state index is 0.000166. The van der Waals surface area contributed by atoms with E-state index in [1.807, 2.05) is 0 Å². The van der Waals surface area contributed by atoms with Crippen molar-refractivity contribution >= 4 is 15.9 Å². The first-order valence-electron chi connectivity index (χ1n) is 14.6. The van der Waals surface area contributed by atoms with Crippen molar-refractivity contribution in [2.75, 3.05) is 0 Å². The van der Waals surface area contributed by atoms with Crippen LogP contribution in [-0.2, 0) is 20.6 Å². The van der Waals surface area contributed by atoms with E-state index in [2.05, 4.69) is 150 Å². The molecule has 2 aliphatic rings. The number of hydrogen-bond donors (Lipinski definition) is 0. The van der Waals surface area contributed by atoms with Gasteiger partial charge in [0.2, 0.25) is 0 Å². The molecule has 0 spiro atoms. The zero-order valence-corrected chi connectivity index (χ0v) is 26.4. The monoisotopic (exact) mass is 576 g/mol. The van der Waals surface area contributed by atoms with E-state index in [1.54, 1.807) is 0 Å². The molecule has 39 heavy (non-hydrogen) atoms. The lowest BCUT2D eigenvalue weighted by Crippen LogP contribution is -2.25. The van der Waals surface area contributed by atoms with Crippen molar-refractivity contribution < 1.29 is 0 Å². The highest BCUT2D eigenvalue weighted by atomic mass is 79.9. The second kappa shape index (κ2) is 8.68. The van der Waals surface area contributed by atoms with Gasteiger partial charge in [0.25, 0.3) is 0 Å². The number of halogens is 1. The van der Waals surface area contributed by atoms with Gasteiger partial charge in [-0.3, -0.25) is 0 Å². The summed E-state index contributed by atoms with van der Waals surface area (Å²) in [5.41, 5.74) is 15.5. The molecule has 6 rings (SSSR count). The molecule has 4 aromatic rings. The fraction of sp³-hybridized carbons (Fsp3) is 0.368. The van der Waals surface area contributed by atoms with Gasteiger partial charge >= 0.3 is 0 Å². The smallest absolute Gasteiger partial charge is 0.0475 e. The molecule has 0 aromatic heterocycles. The van der Waals surface area contributed by atoms with E-state index < -0.39 is 0 Å². The van der Waals surface area contributed by atoms with Gasteiger partial charge in [0.05, 0.1) is 0 Å². The first-order valence-corrected chi connectivity index (χ1v) is 15.4. The molecule has 0 nitrogen and oxygen atoms in total. The van der Waals surface area contributed by atoms with E-state index in [0.29, 0.717) is 0 Å². The lowest BCUT2D eigenvalue weighted by Gasteiger charge is -2.33. The van der Waals surface area contributed by atoms with Gasteiger partial charge in [-0.05, 0) is 81.0 Å². The summed E-state index contributed by atoms with van der Waals surface area (Å²) in [5, 5.41) is 0. The molecule has 1 heteroatoms. The average molecular weight is 578 g/mol. The van der Waals surface area contributed by atoms with E-state index in [0.717, 1.165) is 12.8 Å². The van der Waals surface area contributed by atoms with E-state index >= 15 is 0 Å². The molecule has 4 aromatic carbocycles. The summed E-state index contributed by atoms with van der Waals surface area (Å²) in [7, 11) is 0. The largest absolute Gasteiger partial charge is 0.0804 e. The van der Waals surface area contributed by atoms with Gasteiger partial charge in [0, 0.05) is 20.6 Å². The van der Waals surface area contributed by atoms with Gasteiger partial charge in [0.15, 0.2) is 0 Å². The summed E-state index contributed by atoms with van der Waals surface area (Å²) in [6, 6.07) is 30.7. The molecule has 0 aliphatic heterocycles. The number of benzene rings is 4. The molecule has 0 bridgehead atoms. The molecule has 0 radical (unpaired) electrons. The maximum atomic E-state index is 3.98. The molecule has 2 unspecified atom stereocenters. The molecule has 0 saturated heterocycles. The van der Waals surface area contributed by atoms with Crippen LogP contribution >= 0.6 is 15.9 Å². The number of alkyl halides is 1. The van der Waals surface area contributed by atoms with Gasteiger partial charge < -0.3 is 0 Å². The van der Waals surface area contributed by atoms with Gasteiger partial charge in [-0.2, -0.15) is 0 Å². The van der Waals surface area contributed by atoms with Gasteiger partial charge in [-0.1, -0.05) is 143 Å². The molecular weight excluding hydrogens is 536 g/mol. The molecular formula is C38H41Br. The Labute approximate surface area is 244 Å². The van der Waals surface area contributed by atoms with Crippen molar-refractivity contribution in [2.45, 2.75) is 88.8 Å². The average Bonchev–Trinajstić information content (AvgIpc) is 3.31. The van der Waals surface area contributed by atoms with Crippen LogP contribution in [-0.4, -0.2) is 0 Å². The van der Waals surface area contributed by atoms with Gasteiger partial charge in [-0.15, -0.1) is 0 Å². The molecule has 200 valence electrons. The van der Waals surface area contributed by atoms with Crippen LogP contribution in [0, 0.1) is 0 Å². The van der Waals surface area contributed by atoms with Crippen molar-refractivity contribution in [1.29, 1.82) is 0 Å². The summed E-state index contributed by atoms with van der Waals surface area (Å²) in [5.74, 6) is 0. The third kappa shape index (κ3) is 3.68. The van der Waals surface area contributed by atoms with Gasteiger partial charge in [-0.25, -0.2) is 0 Å². The van der Waals surface area contributed by atoms with Crippen LogP contribution in [0.1, 0.15) is 107 Å². The summed E-state index contributed by atoms with van der Waals surface area (Å²) in [6.07, 6.45) is 2.11. The van der Waals surface area contributed by atoms with Crippen molar-refractivity contribution in [2.24, 2.45) is 0 Å². The molecule has 0 fully saturated rings. The molecule has 0 N–H and O–H groups in total. The van der Waals surface area contributed by atoms with E-state index in [1.165, 1.54) is 61.2 Å². The second-order valence-corrected chi connectivity index (χ2v) is 15.1. The Morgan fingerprint density at radius 1 is 0.538 bits per heavy atom. The van der Waals surface area contributed by atoms with Crippen LogP contribution in [0.4, 0.5) is 0 Å². The van der Waals surface area contributed by atoms with E-state index in [4.69, 9.17) is 0 Å². The predicted octanol–water partition coefficient (Wildman–Crippen LogP) is 11.0. The van der Waals surface area contributed by atoms with Crippen molar-refractivity contribution in [3.8, 4) is 22.3 Å². The summed E-state index contributed by atoms with van der Waals surface area (Å²) in [6.45, 7) is 18.9. The maximum Gasteiger partial charge on any atom is 0.0475 e. The molecule has 2 aliphatic carbocycles. The first-order chi connectivity index (χ1) is 18.4. The quantitative estimate of drug-likeness (QED) is 0.207. The van der Waals surface area contributed by atoms with Gasteiger partial charge in [0.1, 0.15) is 0 Å². The van der Waals surface area contributed by atoms with E-state index in [9.17, 15) is 0 Å². The second-order valence-electron chi connectivity index (χ2n) is 13.3. The third-order valence-corrected chi connectivity index (χ3v) is 11.5. The van der Waals surface area contributed by atoms with Crippen molar-refractivity contribution in [3.05, 3.63) is 118 Å². The lowest BCUT2D eigenvalue weighted by atomic mass is 9.71. The zero-order chi connectivity index (χ0) is 28.0. The molecule has 0 amide bonds. The van der Waals surface area contributed by atoms with Crippen LogP contribution in [0.5, 0.6) is 0 Å². The topological polar surface area (TPSA) is 0 Å². The van der Waals surface area contributed by atoms with Crippen LogP contribution < -0.4 is 0 Å². The minimum Gasteiger partial charge on any atom is -0.0804 e. The number of hydrogen-bond acceptors (Lipinski definition) is 0. The lowest BCUT2D eigenvalue weighted by molar-refractivity contribution is 0.544. The standard InChI is InChI=1S/C38H41Br/c1-9-37(7,24-15-18-28-27-13-11-12-14-31(27)35(3,4)32(28)21-24)25-16-19-29-30-20-17-26(38(8,39)10-2)23-34(30)36(5,6)33(29)22-25/h11-23H,9-10H2,1-8H3. The fourth-order valence-electron chi connectivity index (χ4n) is 7.23. The first kappa shape index (κ1) is 26.6. The van der Waals surface area contributed by atoms with Crippen molar-refractivity contribution in [1.82, 2.24) is 0 Å². The Morgan fingerprint density at radius 2 is 0.949 bits per heavy atom. The third-order valence-electron chi connectivity index (χ3n) is 10.5. The van der Waals surface area contributed by atoms with Crippen LogP contribution in [0.25, 0.3) is 22.3 Å². The highest BCUT2D eigenvalue weighted by Gasteiger charge is 2.40. The minimum atomic E-state index is -0.0679. The highest BCUT2D eigenvalue weighted by molar-refractivity contribution is 9.09. The normalized spacial score (nSPS) is 18.9. The Hall–Kier alpha value is -2.64.